The van der Waals surface area contributed by atoms with Crippen LogP contribution in [0.5, 0.6) is 0 Å². The van der Waals surface area contributed by atoms with Gasteiger partial charge in [-0.15, -0.1) is 0 Å². The summed E-state index contributed by atoms with van der Waals surface area (Å²) in [4.78, 5) is 57.3. The summed E-state index contributed by atoms with van der Waals surface area (Å²) in [6.07, 6.45) is 3.26. The third-order valence-electron chi connectivity index (χ3n) is 9.70. The standard InChI is InChI=1S/C36H45FN6O4/c1-5-33(45)40-34(36(47)42-19-17-41(4)18-20-42)23(3)25-12-14-30(29(37)21-25)39-35(46)28(22-32(44)31-15-16-38-43(31)6-2)27-13-11-24-9-7-8-10-26(24)27/h7-10,12,14-16,21,23,27-28,34H,5-6,11,13,17-20,22H2,1-4H3,(H,39,46)(H,40,45)/t23-,27?,28?,34+/m0/s1. The number of fused-ring (bicyclic) bond motifs is 1. The van der Waals surface area contributed by atoms with Crippen LogP contribution in [-0.2, 0) is 27.3 Å². The molecule has 0 spiro atoms. The zero-order chi connectivity index (χ0) is 33.7. The van der Waals surface area contributed by atoms with Gasteiger partial charge in [0.25, 0.3) is 0 Å². The maximum absolute atomic E-state index is 15.7. The van der Waals surface area contributed by atoms with Crippen LogP contribution >= 0.6 is 0 Å². The van der Waals surface area contributed by atoms with Crippen LogP contribution in [0.2, 0.25) is 0 Å². The number of Topliss-reactive ketones (excluding diaryl/α,β-unsaturated/α-hetero) is 1. The molecule has 11 heteroatoms. The Hall–Kier alpha value is -4.38. The van der Waals surface area contributed by atoms with E-state index in [0.717, 1.165) is 30.6 Å². The molecule has 0 radical (unpaired) electrons. The van der Waals surface area contributed by atoms with Crippen LogP contribution in [0.4, 0.5) is 10.1 Å². The largest absolute Gasteiger partial charge is 0.344 e. The molecule has 0 bridgehead atoms. The molecule has 3 aromatic rings. The first-order valence-electron chi connectivity index (χ1n) is 16.6. The van der Waals surface area contributed by atoms with Crippen LogP contribution in [0.25, 0.3) is 0 Å². The maximum atomic E-state index is 15.7. The summed E-state index contributed by atoms with van der Waals surface area (Å²) in [5.41, 5.74) is 3.15. The summed E-state index contributed by atoms with van der Waals surface area (Å²) in [6, 6.07) is 13.2. The highest BCUT2D eigenvalue weighted by Crippen LogP contribution is 2.41. The maximum Gasteiger partial charge on any atom is 0.245 e. The molecule has 1 saturated heterocycles. The molecule has 10 nitrogen and oxygen atoms in total. The van der Waals surface area contributed by atoms with E-state index in [0.29, 0.717) is 37.3 Å². The Morgan fingerprint density at radius 1 is 1.02 bits per heavy atom. The Morgan fingerprint density at radius 2 is 1.77 bits per heavy atom. The first-order valence-corrected chi connectivity index (χ1v) is 16.6. The van der Waals surface area contributed by atoms with Crippen molar-refractivity contribution in [2.75, 3.05) is 38.5 Å². The van der Waals surface area contributed by atoms with E-state index in [2.05, 4.69) is 20.6 Å². The highest BCUT2D eigenvalue weighted by atomic mass is 19.1. The van der Waals surface area contributed by atoms with E-state index < -0.39 is 29.6 Å². The van der Waals surface area contributed by atoms with Crippen molar-refractivity contribution >= 4 is 29.2 Å². The molecule has 1 fully saturated rings. The van der Waals surface area contributed by atoms with E-state index in [1.165, 1.54) is 12.1 Å². The number of piperazine rings is 1. The molecule has 47 heavy (non-hydrogen) atoms. The number of likely N-dealkylation sites (N-methyl/N-ethyl adjacent to an activating group) is 1. The molecule has 1 aromatic heterocycles. The molecule has 2 N–H and O–H groups in total. The second-order valence-electron chi connectivity index (χ2n) is 12.7. The van der Waals surface area contributed by atoms with Crippen molar-refractivity contribution in [1.82, 2.24) is 24.9 Å². The Kier molecular flexibility index (Phi) is 10.9. The number of carbonyl (C=O) groups excluding carboxylic acids is 4. The van der Waals surface area contributed by atoms with Crippen molar-refractivity contribution in [3.05, 3.63) is 82.9 Å². The molecule has 2 heterocycles. The summed E-state index contributed by atoms with van der Waals surface area (Å²) in [5.74, 6) is -3.18. The SMILES string of the molecule is CCC(=O)N[C@@H](C(=O)N1CCN(C)CC1)[C@@H](C)c1ccc(NC(=O)C(CC(=O)c2ccnn2CC)C2CCc3ccccc32)c(F)c1. The summed E-state index contributed by atoms with van der Waals surface area (Å²) < 4.78 is 17.4. The quantitative estimate of drug-likeness (QED) is 0.283. The third-order valence-corrected chi connectivity index (χ3v) is 9.70. The zero-order valence-electron chi connectivity index (χ0n) is 27.7. The smallest absolute Gasteiger partial charge is 0.245 e. The number of halogens is 1. The summed E-state index contributed by atoms with van der Waals surface area (Å²) in [5, 5.41) is 9.85. The molecule has 2 aliphatic rings. The van der Waals surface area contributed by atoms with Crippen LogP contribution in [0.1, 0.15) is 79.0 Å². The Balaban J connectivity index is 1.37. The van der Waals surface area contributed by atoms with Crippen molar-refractivity contribution in [1.29, 1.82) is 0 Å². The second-order valence-corrected chi connectivity index (χ2v) is 12.7. The van der Waals surface area contributed by atoms with Crippen LogP contribution < -0.4 is 10.6 Å². The van der Waals surface area contributed by atoms with Gasteiger partial charge in [0.05, 0.1) is 11.6 Å². The average molecular weight is 645 g/mol. The topological polar surface area (TPSA) is 117 Å². The Labute approximate surface area is 275 Å². The predicted molar refractivity (Wildman–Crippen MR) is 178 cm³/mol. The highest BCUT2D eigenvalue weighted by Gasteiger charge is 2.37. The van der Waals surface area contributed by atoms with Gasteiger partial charge in [0, 0.05) is 57.7 Å². The van der Waals surface area contributed by atoms with Crippen LogP contribution in [0, 0.1) is 11.7 Å². The van der Waals surface area contributed by atoms with E-state index in [-0.39, 0.29) is 42.0 Å². The lowest BCUT2D eigenvalue weighted by atomic mass is 9.82. The summed E-state index contributed by atoms with van der Waals surface area (Å²) in [7, 11) is 2.00. The first kappa shape index (κ1) is 34.0. The number of rotatable bonds is 12. The number of carbonyl (C=O) groups is 4. The molecular formula is C36H45FN6O4. The van der Waals surface area contributed by atoms with E-state index in [1.807, 2.05) is 38.2 Å². The lowest BCUT2D eigenvalue weighted by molar-refractivity contribution is -0.138. The predicted octanol–water partition coefficient (Wildman–Crippen LogP) is 4.37. The lowest BCUT2D eigenvalue weighted by Crippen LogP contribution is -2.55. The molecule has 2 unspecified atom stereocenters. The van der Waals surface area contributed by atoms with E-state index >= 15 is 4.39 Å². The molecule has 3 amide bonds. The minimum atomic E-state index is -0.861. The van der Waals surface area contributed by atoms with Gasteiger partial charge in [0.2, 0.25) is 17.7 Å². The van der Waals surface area contributed by atoms with Gasteiger partial charge >= 0.3 is 0 Å². The van der Waals surface area contributed by atoms with Crippen molar-refractivity contribution < 1.29 is 23.6 Å². The number of nitrogens with zero attached hydrogens (tertiary/aromatic N) is 4. The van der Waals surface area contributed by atoms with E-state index in [9.17, 15) is 19.2 Å². The fraction of sp³-hybridized carbons (Fsp3) is 0.472. The molecule has 2 aromatic carbocycles. The second kappa shape index (κ2) is 15.0. The number of hydrogen-bond donors (Lipinski definition) is 2. The van der Waals surface area contributed by atoms with Crippen LogP contribution in [-0.4, -0.2) is 82.4 Å². The molecule has 1 aliphatic heterocycles. The third kappa shape index (κ3) is 7.62. The van der Waals surface area contributed by atoms with Crippen molar-refractivity contribution in [2.45, 2.75) is 70.9 Å². The van der Waals surface area contributed by atoms with Gasteiger partial charge in [-0.3, -0.25) is 23.9 Å². The number of aryl methyl sites for hydroxylation is 2. The number of ketones is 1. The van der Waals surface area contributed by atoms with Gasteiger partial charge in [0.15, 0.2) is 5.78 Å². The fourth-order valence-electron chi connectivity index (χ4n) is 6.79. The normalized spacial score (nSPS) is 18.2. The number of amides is 3. The molecule has 4 atom stereocenters. The summed E-state index contributed by atoms with van der Waals surface area (Å²) >= 11 is 0. The Bertz CT molecular complexity index is 1610. The van der Waals surface area contributed by atoms with Gasteiger partial charge in [-0.25, -0.2) is 4.39 Å². The number of nitrogens with one attached hydrogen (secondary N) is 2. The summed E-state index contributed by atoms with van der Waals surface area (Å²) in [6.45, 7) is 8.51. The zero-order valence-corrected chi connectivity index (χ0v) is 27.7. The minimum Gasteiger partial charge on any atom is -0.344 e. The number of aromatic nitrogens is 2. The number of anilines is 1. The van der Waals surface area contributed by atoms with Gasteiger partial charge in [0.1, 0.15) is 17.6 Å². The Morgan fingerprint density at radius 3 is 2.47 bits per heavy atom. The highest BCUT2D eigenvalue weighted by molar-refractivity contribution is 6.01. The van der Waals surface area contributed by atoms with Crippen LogP contribution in [0.3, 0.4) is 0 Å². The lowest BCUT2D eigenvalue weighted by Gasteiger charge is -2.36. The molecule has 1 aliphatic carbocycles. The van der Waals surface area contributed by atoms with Gasteiger partial charge in [-0.1, -0.05) is 44.2 Å². The number of hydrogen-bond acceptors (Lipinski definition) is 6. The van der Waals surface area contributed by atoms with Crippen molar-refractivity contribution in [3.63, 3.8) is 0 Å². The minimum absolute atomic E-state index is 0.00665. The van der Waals surface area contributed by atoms with Crippen molar-refractivity contribution in [3.8, 4) is 0 Å². The monoisotopic (exact) mass is 644 g/mol. The molecule has 5 rings (SSSR count). The fourth-order valence-corrected chi connectivity index (χ4v) is 6.79. The van der Waals surface area contributed by atoms with Gasteiger partial charge < -0.3 is 20.4 Å². The van der Waals surface area contributed by atoms with E-state index in [1.54, 1.807) is 41.8 Å². The van der Waals surface area contributed by atoms with Gasteiger partial charge in [-0.2, -0.15) is 5.10 Å². The number of benzene rings is 2. The van der Waals surface area contributed by atoms with Crippen molar-refractivity contribution in [2.24, 2.45) is 5.92 Å². The van der Waals surface area contributed by atoms with Crippen LogP contribution in [0.15, 0.2) is 54.7 Å². The molecule has 0 saturated carbocycles. The van der Waals surface area contributed by atoms with E-state index in [4.69, 9.17) is 0 Å². The molecular weight excluding hydrogens is 599 g/mol. The molecule has 250 valence electrons. The average Bonchev–Trinajstić information content (AvgIpc) is 3.74. The first-order chi connectivity index (χ1) is 22.6. The van der Waals surface area contributed by atoms with Gasteiger partial charge in [-0.05, 0) is 67.6 Å².